The first kappa shape index (κ1) is 12.1. The molecule has 0 amide bonds. The highest BCUT2D eigenvalue weighted by molar-refractivity contribution is 5.07. The number of aromatic nitrogens is 2. The molecule has 0 saturated carbocycles. The van der Waals surface area contributed by atoms with Crippen molar-refractivity contribution >= 4 is 0 Å². The van der Waals surface area contributed by atoms with Crippen LogP contribution in [0.4, 0.5) is 0 Å². The second kappa shape index (κ2) is 6.51. The highest BCUT2D eigenvalue weighted by Gasteiger charge is 2.18. The standard InChI is InChI=1S/C12H20N2O/c1-3-5-6-10(4-2)12(15)11-7-13-9-14-8-11/h7-10,12,15H,3-6H2,1-2H3. The molecule has 0 aliphatic heterocycles. The molecule has 0 aromatic carbocycles. The Labute approximate surface area is 91.6 Å². The van der Waals surface area contributed by atoms with Gasteiger partial charge in [0, 0.05) is 18.0 Å². The van der Waals surface area contributed by atoms with Crippen LogP contribution in [0, 0.1) is 5.92 Å². The quantitative estimate of drug-likeness (QED) is 0.781. The van der Waals surface area contributed by atoms with Gasteiger partial charge in [0.05, 0.1) is 6.10 Å². The summed E-state index contributed by atoms with van der Waals surface area (Å²) in [6.45, 7) is 4.29. The summed E-state index contributed by atoms with van der Waals surface area (Å²) >= 11 is 0. The summed E-state index contributed by atoms with van der Waals surface area (Å²) in [6, 6.07) is 0. The Morgan fingerprint density at radius 1 is 1.27 bits per heavy atom. The van der Waals surface area contributed by atoms with E-state index in [9.17, 15) is 5.11 Å². The molecule has 2 unspecified atom stereocenters. The number of hydrogen-bond acceptors (Lipinski definition) is 3. The average molecular weight is 208 g/mol. The van der Waals surface area contributed by atoms with Gasteiger partial charge in [-0.3, -0.25) is 0 Å². The van der Waals surface area contributed by atoms with Crippen LogP contribution < -0.4 is 0 Å². The van der Waals surface area contributed by atoms with Gasteiger partial charge in [-0.2, -0.15) is 0 Å². The summed E-state index contributed by atoms with van der Waals surface area (Å²) < 4.78 is 0. The number of nitrogens with zero attached hydrogens (tertiary/aromatic N) is 2. The number of aliphatic hydroxyl groups excluding tert-OH is 1. The first-order valence-electron chi connectivity index (χ1n) is 5.72. The van der Waals surface area contributed by atoms with Crippen LogP contribution in [0.3, 0.4) is 0 Å². The van der Waals surface area contributed by atoms with Gasteiger partial charge >= 0.3 is 0 Å². The molecular weight excluding hydrogens is 188 g/mol. The summed E-state index contributed by atoms with van der Waals surface area (Å²) in [5, 5.41) is 10.1. The smallest absolute Gasteiger partial charge is 0.115 e. The lowest BCUT2D eigenvalue weighted by Gasteiger charge is -2.21. The minimum absolute atomic E-state index is 0.330. The van der Waals surface area contributed by atoms with Crippen molar-refractivity contribution in [2.45, 2.75) is 45.6 Å². The maximum absolute atomic E-state index is 10.1. The summed E-state index contributed by atoms with van der Waals surface area (Å²) in [7, 11) is 0. The van der Waals surface area contributed by atoms with Gasteiger partial charge in [-0.25, -0.2) is 9.97 Å². The van der Waals surface area contributed by atoms with E-state index in [1.54, 1.807) is 12.4 Å². The fraction of sp³-hybridized carbons (Fsp3) is 0.667. The van der Waals surface area contributed by atoms with Gasteiger partial charge < -0.3 is 5.11 Å². The van der Waals surface area contributed by atoms with Crippen LogP contribution in [0.25, 0.3) is 0 Å². The van der Waals surface area contributed by atoms with Crippen molar-refractivity contribution in [2.24, 2.45) is 5.92 Å². The molecule has 0 saturated heterocycles. The SMILES string of the molecule is CCCCC(CC)C(O)c1cncnc1. The predicted molar refractivity (Wildman–Crippen MR) is 60.3 cm³/mol. The number of aliphatic hydroxyl groups is 1. The Hall–Kier alpha value is -0.960. The van der Waals surface area contributed by atoms with Crippen molar-refractivity contribution in [3.8, 4) is 0 Å². The van der Waals surface area contributed by atoms with Gasteiger partial charge in [0.2, 0.25) is 0 Å². The highest BCUT2D eigenvalue weighted by Crippen LogP contribution is 2.27. The van der Waals surface area contributed by atoms with E-state index in [4.69, 9.17) is 0 Å². The summed E-state index contributed by atoms with van der Waals surface area (Å²) in [5.41, 5.74) is 0.834. The Kier molecular flexibility index (Phi) is 5.26. The molecule has 1 aromatic heterocycles. The molecule has 0 aliphatic rings. The highest BCUT2D eigenvalue weighted by atomic mass is 16.3. The molecule has 84 valence electrons. The zero-order chi connectivity index (χ0) is 11.1. The molecule has 0 spiro atoms. The number of hydrogen-bond donors (Lipinski definition) is 1. The molecule has 2 atom stereocenters. The van der Waals surface area contributed by atoms with Crippen molar-refractivity contribution in [1.82, 2.24) is 9.97 Å². The lowest BCUT2D eigenvalue weighted by Crippen LogP contribution is -2.12. The fourth-order valence-corrected chi connectivity index (χ4v) is 1.79. The number of unbranched alkanes of at least 4 members (excludes halogenated alkanes) is 1. The Morgan fingerprint density at radius 3 is 2.47 bits per heavy atom. The summed E-state index contributed by atoms with van der Waals surface area (Å²) in [5.74, 6) is 0.330. The molecule has 0 radical (unpaired) electrons. The Morgan fingerprint density at radius 2 is 1.93 bits per heavy atom. The van der Waals surface area contributed by atoms with Gasteiger partial charge in [0.1, 0.15) is 6.33 Å². The summed E-state index contributed by atoms with van der Waals surface area (Å²) in [6.07, 6.45) is 8.89. The minimum atomic E-state index is -0.414. The largest absolute Gasteiger partial charge is 0.388 e. The molecule has 1 aromatic rings. The van der Waals surface area contributed by atoms with Crippen LogP contribution >= 0.6 is 0 Å². The van der Waals surface area contributed by atoms with E-state index in [0.717, 1.165) is 18.4 Å². The van der Waals surface area contributed by atoms with Crippen LogP contribution in [0.2, 0.25) is 0 Å². The molecule has 15 heavy (non-hydrogen) atoms. The third kappa shape index (κ3) is 3.59. The zero-order valence-electron chi connectivity index (χ0n) is 9.56. The second-order valence-electron chi connectivity index (χ2n) is 3.93. The van der Waals surface area contributed by atoms with Crippen LogP contribution in [0.1, 0.15) is 51.2 Å². The molecule has 0 fully saturated rings. The Bertz CT molecular complexity index is 264. The van der Waals surface area contributed by atoms with Gasteiger partial charge in [-0.05, 0) is 12.3 Å². The van der Waals surface area contributed by atoms with Crippen LogP contribution in [-0.2, 0) is 0 Å². The molecule has 1 heterocycles. The molecule has 3 nitrogen and oxygen atoms in total. The van der Waals surface area contributed by atoms with Crippen molar-refractivity contribution in [2.75, 3.05) is 0 Å². The molecule has 0 aliphatic carbocycles. The third-order valence-corrected chi connectivity index (χ3v) is 2.82. The average Bonchev–Trinajstić information content (AvgIpc) is 2.31. The first-order valence-corrected chi connectivity index (χ1v) is 5.72. The molecule has 0 bridgehead atoms. The van der Waals surface area contributed by atoms with E-state index in [-0.39, 0.29) is 0 Å². The molecule has 1 N–H and O–H groups in total. The summed E-state index contributed by atoms with van der Waals surface area (Å²) in [4.78, 5) is 7.86. The van der Waals surface area contributed by atoms with E-state index >= 15 is 0 Å². The lowest BCUT2D eigenvalue weighted by atomic mass is 9.90. The minimum Gasteiger partial charge on any atom is -0.388 e. The Balaban J connectivity index is 2.60. The maximum atomic E-state index is 10.1. The molecule has 3 heteroatoms. The van der Waals surface area contributed by atoms with E-state index in [2.05, 4.69) is 23.8 Å². The van der Waals surface area contributed by atoms with E-state index in [1.807, 2.05) is 0 Å². The molecular formula is C12H20N2O. The van der Waals surface area contributed by atoms with Gasteiger partial charge in [0.25, 0.3) is 0 Å². The second-order valence-corrected chi connectivity index (χ2v) is 3.93. The number of rotatable bonds is 6. The van der Waals surface area contributed by atoms with Crippen LogP contribution in [0.5, 0.6) is 0 Å². The monoisotopic (exact) mass is 208 g/mol. The normalized spacial score (nSPS) is 14.9. The van der Waals surface area contributed by atoms with E-state index in [1.165, 1.54) is 19.2 Å². The van der Waals surface area contributed by atoms with Gasteiger partial charge in [0.15, 0.2) is 0 Å². The predicted octanol–water partition coefficient (Wildman–Crippen LogP) is 2.73. The molecule has 1 rings (SSSR count). The van der Waals surface area contributed by atoms with Gasteiger partial charge in [-0.1, -0.05) is 33.1 Å². The van der Waals surface area contributed by atoms with Crippen molar-refractivity contribution in [3.63, 3.8) is 0 Å². The van der Waals surface area contributed by atoms with Crippen molar-refractivity contribution in [1.29, 1.82) is 0 Å². The van der Waals surface area contributed by atoms with Gasteiger partial charge in [-0.15, -0.1) is 0 Å². The van der Waals surface area contributed by atoms with E-state index in [0.29, 0.717) is 5.92 Å². The van der Waals surface area contributed by atoms with Crippen LogP contribution in [-0.4, -0.2) is 15.1 Å². The maximum Gasteiger partial charge on any atom is 0.115 e. The zero-order valence-corrected chi connectivity index (χ0v) is 9.56. The topological polar surface area (TPSA) is 46.0 Å². The van der Waals surface area contributed by atoms with Crippen LogP contribution in [0.15, 0.2) is 18.7 Å². The third-order valence-electron chi connectivity index (χ3n) is 2.82. The lowest BCUT2D eigenvalue weighted by molar-refractivity contribution is 0.0982. The fourth-order valence-electron chi connectivity index (χ4n) is 1.79. The van der Waals surface area contributed by atoms with Crippen molar-refractivity contribution in [3.05, 3.63) is 24.3 Å². The van der Waals surface area contributed by atoms with Crippen molar-refractivity contribution < 1.29 is 5.11 Å². The van der Waals surface area contributed by atoms with E-state index < -0.39 is 6.10 Å². The first-order chi connectivity index (χ1) is 7.29.